The standard InChI is InChI=1S/C19H33N3O3S/c1-13(2)10-20-18(21-11-14-7-9-26(23,24)12-14)22-16-15-6-5-8-25-17(15)19(16,3)4/h14-17H,1,5-12H2,2-4H3,(H2,20,21,22). The van der Waals surface area contributed by atoms with Crippen molar-refractivity contribution in [2.45, 2.75) is 52.2 Å². The molecule has 26 heavy (non-hydrogen) atoms. The van der Waals surface area contributed by atoms with Gasteiger partial charge in [0.15, 0.2) is 15.8 Å². The van der Waals surface area contributed by atoms with Crippen molar-refractivity contribution in [3.05, 3.63) is 12.2 Å². The fourth-order valence-electron chi connectivity index (χ4n) is 4.60. The number of rotatable bonds is 5. The lowest BCUT2D eigenvalue weighted by atomic mass is 9.55. The molecular weight excluding hydrogens is 350 g/mol. The molecule has 4 unspecified atom stereocenters. The van der Waals surface area contributed by atoms with Gasteiger partial charge in [0.1, 0.15) is 0 Å². The van der Waals surface area contributed by atoms with Crippen LogP contribution >= 0.6 is 0 Å². The first kappa shape index (κ1) is 19.7. The summed E-state index contributed by atoms with van der Waals surface area (Å²) in [6.07, 6.45) is 3.34. The number of guanidine groups is 1. The molecule has 148 valence electrons. The van der Waals surface area contributed by atoms with Gasteiger partial charge in [-0.3, -0.25) is 0 Å². The molecule has 0 bridgehead atoms. The molecule has 2 heterocycles. The molecule has 1 aliphatic carbocycles. The van der Waals surface area contributed by atoms with Crippen LogP contribution in [0.15, 0.2) is 17.1 Å². The molecule has 7 heteroatoms. The first-order valence-electron chi connectivity index (χ1n) is 9.70. The molecule has 0 aromatic rings. The van der Waals surface area contributed by atoms with E-state index in [-0.39, 0.29) is 17.1 Å². The SMILES string of the molecule is C=C(C)CN=C(NCC1CCS(=O)(=O)C1)NC1C2CCCOC2C1(C)C. The van der Waals surface area contributed by atoms with Crippen LogP contribution in [0.3, 0.4) is 0 Å². The molecule has 2 saturated heterocycles. The van der Waals surface area contributed by atoms with Gasteiger partial charge in [0.2, 0.25) is 0 Å². The maximum absolute atomic E-state index is 11.7. The fraction of sp³-hybridized carbons (Fsp3) is 0.842. The van der Waals surface area contributed by atoms with Gasteiger partial charge in [-0.2, -0.15) is 0 Å². The number of hydrogen-bond donors (Lipinski definition) is 2. The van der Waals surface area contributed by atoms with E-state index < -0.39 is 9.84 Å². The van der Waals surface area contributed by atoms with Gasteiger partial charge < -0.3 is 15.4 Å². The largest absolute Gasteiger partial charge is 0.377 e. The number of aliphatic imine (C=N–C) groups is 1. The van der Waals surface area contributed by atoms with E-state index >= 15 is 0 Å². The zero-order valence-corrected chi connectivity index (χ0v) is 17.1. The van der Waals surface area contributed by atoms with Crippen molar-refractivity contribution in [3.8, 4) is 0 Å². The second-order valence-corrected chi connectivity index (χ2v) is 11.0. The van der Waals surface area contributed by atoms with Gasteiger partial charge in [0, 0.05) is 30.5 Å². The van der Waals surface area contributed by atoms with Crippen molar-refractivity contribution in [2.75, 3.05) is 31.2 Å². The minimum absolute atomic E-state index is 0.0630. The Morgan fingerprint density at radius 3 is 2.77 bits per heavy atom. The van der Waals surface area contributed by atoms with Crippen LogP contribution in [0.2, 0.25) is 0 Å². The van der Waals surface area contributed by atoms with E-state index in [4.69, 9.17) is 4.74 Å². The molecule has 1 saturated carbocycles. The highest BCUT2D eigenvalue weighted by Gasteiger charge is 2.58. The Balaban J connectivity index is 1.63. The van der Waals surface area contributed by atoms with E-state index in [2.05, 4.69) is 36.1 Å². The van der Waals surface area contributed by atoms with Crippen LogP contribution in [0.1, 0.15) is 40.0 Å². The minimum Gasteiger partial charge on any atom is -0.377 e. The fourth-order valence-corrected chi connectivity index (χ4v) is 6.47. The molecule has 6 nitrogen and oxygen atoms in total. The number of hydrogen-bond acceptors (Lipinski definition) is 4. The molecule has 3 fully saturated rings. The second-order valence-electron chi connectivity index (χ2n) is 8.81. The number of fused-ring (bicyclic) bond motifs is 1. The van der Waals surface area contributed by atoms with Crippen molar-refractivity contribution in [2.24, 2.45) is 22.2 Å². The third-order valence-corrected chi connectivity index (χ3v) is 7.85. The summed E-state index contributed by atoms with van der Waals surface area (Å²) in [5.41, 5.74) is 1.06. The van der Waals surface area contributed by atoms with Crippen molar-refractivity contribution >= 4 is 15.8 Å². The highest BCUT2D eigenvalue weighted by Crippen LogP contribution is 2.51. The molecule has 0 radical (unpaired) electrons. The predicted octanol–water partition coefficient (Wildman–Crippen LogP) is 1.74. The summed E-state index contributed by atoms with van der Waals surface area (Å²) in [7, 11) is -2.85. The second kappa shape index (κ2) is 7.50. The molecule has 0 aromatic heterocycles. The van der Waals surface area contributed by atoms with Gasteiger partial charge in [-0.05, 0) is 32.1 Å². The molecule has 0 amide bonds. The highest BCUT2D eigenvalue weighted by molar-refractivity contribution is 7.91. The number of sulfone groups is 1. The molecule has 3 aliphatic rings. The van der Waals surface area contributed by atoms with Crippen molar-refractivity contribution < 1.29 is 13.2 Å². The van der Waals surface area contributed by atoms with Crippen LogP contribution in [-0.2, 0) is 14.6 Å². The average molecular weight is 384 g/mol. The Kier molecular flexibility index (Phi) is 5.68. The summed E-state index contributed by atoms with van der Waals surface area (Å²) < 4.78 is 29.3. The summed E-state index contributed by atoms with van der Waals surface area (Å²) in [6, 6.07) is 0.316. The molecule has 0 aromatic carbocycles. The quantitative estimate of drug-likeness (QED) is 0.429. The summed E-state index contributed by atoms with van der Waals surface area (Å²) >= 11 is 0. The van der Waals surface area contributed by atoms with E-state index in [9.17, 15) is 8.42 Å². The van der Waals surface area contributed by atoms with Gasteiger partial charge in [0.25, 0.3) is 0 Å². The van der Waals surface area contributed by atoms with Gasteiger partial charge in [-0.1, -0.05) is 26.0 Å². The summed E-state index contributed by atoms with van der Waals surface area (Å²) in [5, 5.41) is 6.99. The maximum Gasteiger partial charge on any atom is 0.191 e. The van der Waals surface area contributed by atoms with Crippen LogP contribution in [-0.4, -0.2) is 57.7 Å². The Labute approximate surface area is 157 Å². The first-order valence-corrected chi connectivity index (χ1v) is 11.5. The number of nitrogens with zero attached hydrogens (tertiary/aromatic N) is 1. The minimum atomic E-state index is -2.85. The molecule has 0 spiro atoms. The third kappa shape index (κ3) is 4.25. The van der Waals surface area contributed by atoms with Crippen LogP contribution in [0.4, 0.5) is 0 Å². The van der Waals surface area contributed by atoms with Crippen LogP contribution in [0.25, 0.3) is 0 Å². The van der Waals surface area contributed by atoms with E-state index in [0.717, 1.165) is 31.0 Å². The third-order valence-electron chi connectivity index (χ3n) is 6.02. The molecule has 2 N–H and O–H groups in total. The van der Waals surface area contributed by atoms with Crippen molar-refractivity contribution in [1.82, 2.24) is 10.6 Å². The predicted molar refractivity (Wildman–Crippen MR) is 105 cm³/mol. The normalized spacial score (nSPS) is 35.3. The van der Waals surface area contributed by atoms with Crippen LogP contribution in [0.5, 0.6) is 0 Å². The average Bonchev–Trinajstić information content (AvgIpc) is 2.93. The Morgan fingerprint density at radius 1 is 1.35 bits per heavy atom. The molecule has 2 aliphatic heterocycles. The van der Waals surface area contributed by atoms with Gasteiger partial charge >= 0.3 is 0 Å². The van der Waals surface area contributed by atoms with Gasteiger partial charge in [-0.15, -0.1) is 0 Å². The van der Waals surface area contributed by atoms with Crippen molar-refractivity contribution in [3.63, 3.8) is 0 Å². The maximum atomic E-state index is 11.7. The zero-order chi connectivity index (χ0) is 18.9. The smallest absolute Gasteiger partial charge is 0.191 e. The van der Waals surface area contributed by atoms with E-state index in [0.29, 0.717) is 36.9 Å². The lowest BCUT2D eigenvalue weighted by Crippen LogP contribution is -2.71. The topological polar surface area (TPSA) is 79.8 Å². The molecular formula is C19H33N3O3S. The Hall–Kier alpha value is -1.08. The van der Waals surface area contributed by atoms with Gasteiger partial charge in [-0.25, -0.2) is 13.4 Å². The summed E-state index contributed by atoms with van der Waals surface area (Å²) in [6.45, 7) is 12.5. The van der Waals surface area contributed by atoms with Crippen LogP contribution < -0.4 is 10.6 Å². The van der Waals surface area contributed by atoms with Crippen LogP contribution in [0, 0.1) is 17.3 Å². The van der Waals surface area contributed by atoms with E-state index in [1.165, 1.54) is 6.42 Å². The Morgan fingerprint density at radius 2 is 2.12 bits per heavy atom. The van der Waals surface area contributed by atoms with Crippen molar-refractivity contribution in [1.29, 1.82) is 0 Å². The van der Waals surface area contributed by atoms with E-state index in [1.807, 2.05) is 6.92 Å². The highest BCUT2D eigenvalue weighted by atomic mass is 32.2. The number of ether oxygens (including phenoxy) is 1. The summed E-state index contributed by atoms with van der Waals surface area (Å²) in [5.74, 6) is 2.03. The Bertz CT molecular complexity index is 672. The van der Waals surface area contributed by atoms with Gasteiger partial charge in [0.05, 0.1) is 24.2 Å². The monoisotopic (exact) mass is 383 g/mol. The lowest BCUT2D eigenvalue weighted by Gasteiger charge is -2.60. The first-order chi connectivity index (χ1) is 12.2. The number of nitrogens with one attached hydrogen (secondary N) is 2. The summed E-state index contributed by atoms with van der Waals surface area (Å²) in [4.78, 5) is 4.65. The molecule has 3 rings (SSSR count). The van der Waals surface area contributed by atoms with E-state index in [1.54, 1.807) is 0 Å². The lowest BCUT2D eigenvalue weighted by molar-refractivity contribution is -0.188. The zero-order valence-electron chi connectivity index (χ0n) is 16.3. The molecule has 4 atom stereocenters.